The van der Waals surface area contributed by atoms with Crippen LogP contribution in [0.2, 0.25) is 0 Å². The molecule has 0 unspecified atom stereocenters. The Labute approximate surface area is 173 Å². The van der Waals surface area contributed by atoms with Crippen LogP contribution in [0.3, 0.4) is 0 Å². The van der Waals surface area contributed by atoms with Crippen LogP contribution in [0.1, 0.15) is 33.6 Å². The minimum absolute atomic E-state index is 0.198. The van der Waals surface area contributed by atoms with Gasteiger partial charge in [-0.2, -0.15) is 0 Å². The van der Waals surface area contributed by atoms with E-state index in [1.165, 1.54) is 36.4 Å². The average Bonchev–Trinajstić information content (AvgIpc) is 3.27. The Hall–Kier alpha value is -3.88. The predicted octanol–water partition coefficient (Wildman–Crippen LogP) is 1.99. The maximum atomic E-state index is 12.2. The predicted molar refractivity (Wildman–Crippen MR) is 109 cm³/mol. The number of amides is 1. The Morgan fingerprint density at radius 2 is 1.50 bits per heavy atom. The molecule has 2 aromatic rings. The lowest BCUT2D eigenvalue weighted by Gasteiger charge is -2.14. The third kappa shape index (κ3) is 5.57. The lowest BCUT2D eigenvalue weighted by Crippen LogP contribution is -2.32. The van der Waals surface area contributed by atoms with Gasteiger partial charge in [-0.05, 0) is 61.4 Å². The van der Waals surface area contributed by atoms with Gasteiger partial charge in [-0.25, -0.2) is 9.59 Å². The quantitative estimate of drug-likeness (QED) is 0.287. The van der Waals surface area contributed by atoms with Gasteiger partial charge in [-0.3, -0.25) is 10.2 Å². The topological polar surface area (TPSA) is 135 Å². The van der Waals surface area contributed by atoms with E-state index in [0.29, 0.717) is 24.3 Å². The number of esters is 2. The number of hydrogen-bond acceptors (Lipinski definition) is 6. The molecule has 1 fully saturated rings. The van der Waals surface area contributed by atoms with Crippen molar-refractivity contribution in [3.05, 3.63) is 59.7 Å². The molecule has 0 bridgehead atoms. The van der Waals surface area contributed by atoms with Crippen molar-refractivity contribution in [3.8, 4) is 5.75 Å². The molecule has 0 aromatic heterocycles. The van der Waals surface area contributed by atoms with E-state index >= 15 is 0 Å². The Balaban J connectivity index is 1.52. The molecule has 1 aliphatic heterocycles. The van der Waals surface area contributed by atoms with Gasteiger partial charge in [0.15, 0.2) is 12.6 Å². The molecule has 2 aromatic carbocycles. The van der Waals surface area contributed by atoms with Crippen LogP contribution >= 0.6 is 0 Å². The summed E-state index contributed by atoms with van der Waals surface area (Å²) in [6, 6.07) is 12.1. The van der Waals surface area contributed by atoms with Crippen molar-refractivity contribution in [1.29, 1.82) is 5.41 Å². The molecule has 30 heavy (non-hydrogen) atoms. The van der Waals surface area contributed by atoms with Crippen molar-refractivity contribution in [2.45, 2.75) is 12.8 Å². The summed E-state index contributed by atoms with van der Waals surface area (Å²) < 4.78 is 10.3. The monoisotopic (exact) mass is 410 g/mol. The minimum atomic E-state index is -0.617. The number of nitrogens with two attached hydrogens (primary N) is 1. The second kappa shape index (κ2) is 9.55. The fourth-order valence-electron chi connectivity index (χ4n) is 2.94. The van der Waals surface area contributed by atoms with Crippen LogP contribution in [0.4, 0.5) is 5.69 Å². The van der Waals surface area contributed by atoms with Crippen molar-refractivity contribution in [2.75, 3.05) is 25.0 Å². The molecule has 3 rings (SSSR count). The highest BCUT2D eigenvalue weighted by atomic mass is 16.5. The lowest BCUT2D eigenvalue weighted by molar-refractivity contribution is -0.133. The van der Waals surface area contributed by atoms with Crippen molar-refractivity contribution >= 4 is 29.5 Å². The van der Waals surface area contributed by atoms with Crippen molar-refractivity contribution in [1.82, 2.24) is 4.90 Å². The Bertz CT molecular complexity index is 935. The van der Waals surface area contributed by atoms with Crippen LogP contribution in [-0.4, -0.2) is 48.4 Å². The molecule has 9 nitrogen and oxygen atoms in total. The molecular formula is C21H22N4O5. The van der Waals surface area contributed by atoms with E-state index in [0.717, 1.165) is 12.8 Å². The molecule has 1 heterocycles. The van der Waals surface area contributed by atoms with Gasteiger partial charge in [0.25, 0.3) is 5.91 Å². The number of hydrogen-bond donors (Lipinski definition) is 3. The van der Waals surface area contributed by atoms with Crippen LogP contribution in [0, 0.1) is 5.41 Å². The van der Waals surface area contributed by atoms with Crippen LogP contribution in [-0.2, 0) is 9.53 Å². The van der Waals surface area contributed by atoms with E-state index < -0.39 is 11.9 Å². The van der Waals surface area contributed by atoms with Crippen molar-refractivity contribution in [2.24, 2.45) is 5.73 Å². The number of anilines is 1. The summed E-state index contributed by atoms with van der Waals surface area (Å²) in [5.41, 5.74) is 6.39. The number of benzene rings is 2. The molecule has 1 amide bonds. The summed E-state index contributed by atoms with van der Waals surface area (Å²) in [5.74, 6) is -1.33. The molecule has 0 atom stereocenters. The summed E-state index contributed by atoms with van der Waals surface area (Å²) >= 11 is 0. The molecule has 0 radical (unpaired) electrons. The molecule has 1 saturated heterocycles. The van der Waals surface area contributed by atoms with Gasteiger partial charge in [0.05, 0.1) is 11.1 Å². The molecule has 156 valence electrons. The highest BCUT2D eigenvalue weighted by Gasteiger charge is 2.19. The number of ether oxygens (including phenoxy) is 2. The van der Waals surface area contributed by atoms with E-state index in [1.807, 2.05) is 0 Å². The normalized spacial score (nSPS) is 12.9. The van der Waals surface area contributed by atoms with E-state index in [2.05, 4.69) is 5.32 Å². The Morgan fingerprint density at radius 3 is 2.10 bits per heavy atom. The van der Waals surface area contributed by atoms with Crippen molar-refractivity contribution < 1.29 is 23.9 Å². The van der Waals surface area contributed by atoms with E-state index in [4.69, 9.17) is 20.6 Å². The first-order valence-corrected chi connectivity index (χ1v) is 9.40. The first kappa shape index (κ1) is 20.8. The zero-order valence-corrected chi connectivity index (χ0v) is 16.2. The van der Waals surface area contributed by atoms with Gasteiger partial charge in [0.2, 0.25) is 0 Å². The molecule has 0 saturated carbocycles. The average molecular weight is 410 g/mol. The largest absolute Gasteiger partial charge is 0.452 e. The number of nitrogens with one attached hydrogen (secondary N) is 2. The van der Waals surface area contributed by atoms with Crippen LogP contribution in [0.25, 0.3) is 0 Å². The third-order valence-electron chi connectivity index (χ3n) is 4.49. The SMILES string of the molecule is N=C(N)Nc1ccc(C(=O)Oc2ccc(C(=O)OCC(=O)N3CCCC3)cc2)cc1. The summed E-state index contributed by atoms with van der Waals surface area (Å²) in [7, 11) is 0. The van der Waals surface area contributed by atoms with Gasteiger partial charge in [0.1, 0.15) is 5.75 Å². The van der Waals surface area contributed by atoms with Gasteiger partial charge >= 0.3 is 11.9 Å². The van der Waals surface area contributed by atoms with E-state index in [-0.39, 0.29) is 29.8 Å². The number of carbonyl (C=O) groups is 3. The van der Waals surface area contributed by atoms with Gasteiger partial charge in [0, 0.05) is 18.8 Å². The molecule has 0 aliphatic carbocycles. The summed E-state index contributed by atoms with van der Waals surface area (Å²) in [5, 5.41) is 9.79. The number of carbonyl (C=O) groups excluding carboxylic acids is 3. The third-order valence-corrected chi connectivity index (χ3v) is 4.49. The van der Waals surface area contributed by atoms with E-state index in [9.17, 15) is 14.4 Å². The summed E-state index contributed by atoms with van der Waals surface area (Å²) in [6.45, 7) is 1.11. The molecule has 4 N–H and O–H groups in total. The smallest absolute Gasteiger partial charge is 0.343 e. The first-order chi connectivity index (χ1) is 14.4. The first-order valence-electron chi connectivity index (χ1n) is 9.40. The van der Waals surface area contributed by atoms with Crippen molar-refractivity contribution in [3.63, 3.8) is 0 Å². The highest BCUT2D eigenvalue weighted by Crippen LogP contribution is 2.16. The maximum Gasteiger partial charge on any atom is 0.343 e. The van der Waals surface area contributed by atoms with E-state index in [1.54, 1.807) is 17.0 Å². The Kier molecular flexibility index (Phi) is 6.63. The van der Waals surface area contributed by atoms with Gasteiger partial charge in [-0.1, -0.05) is 0 Å². The standard InChI is InChI=1S/C21H22N4O5/c22-21(23)24-16-7-3-15(4-8-16)20(28)30-17-9-5-14(6-10-17)19(27)29-13-18(26)25-11-1-2-12-25/h3-10H,1-2,11-13H2,(H4,22,23,24). The van der Waals surface area contributed by atoms with Crippen LogP contribution in [0.5, 0.6) is 5.75 Å². The molecule has 0 spiro atoms. The lowest BCUT2D eigenvalue weighted by atomic mass is 10.2. The zero-order valence-electron chi connectivity index (χ0n) is 16.2. The molecular weight excluding hydrogens is 388 g/mol. The highest BCUT2D eigenvalue weighted by molar-refractivity contribution is 5.94. The molecule has 9 heteroatoms. The summed E-state index contributed by atoms with van der Waals surface area (Å²) in [4.78, 5) is 37.9. The Morgan fingerprint density at radius 1 is 0.933 bits per heavy atom. The summed E-state index contributed by atoms with van der Waals surface area (Å²) in [6.07, 6.45) is 1.94. The van der Waals surface area contributed by atoms with Gasteiger partial charge in [-0.15, -0.1) is 0 Å². The number of guanidine groups is 1. The number of rotatable bonds is 6. The zero-order chi connectivity index (χ0) is 21.5. The second-order valence-electron chi connectivity index (χ2n) is 6.69. The number of nitrogens with zero attached hydrogens (tertiary/aromatic N) is 1. The van der Waals surface area contributed by atoms with Crippen LogP contribution in [0.15, 0.2) is 48.5 Å². The number of likely N-dealkylation sites (tertiary alicyclic amines) is 1. The fraction of sp³-hybridized carbons (Fsp3) is 0.238. The maximum absolute atomic E-state index is 12.2. The van der Waals surface area contributed by atoms with Crippen LogP contribution < -0.4 is 15.8 Å². The minimum Gasteiger partial charge on any atom is -0.452 e. The fourth-order valence-corrected chi connectivity index (χ4v) is 2.94. The van der Waals surface area contributed by atoms with Gasteiger partial charge < -0.3 is 25.4 Å². The molecule has 1 aliphatic rings. The second-order valence-corrected chi connectivity index (χ2v) is 6.69.